The Hall–Kier alpha value is -1.90. The monoisotopic (exact) mass is 452 g/mol. The molecule has 3 rings (SSSR count). The van der Waals surface area contributed by atoms with Crippen molar-refractivity contribution in [2.24, 2.45) is 0 Å². The fourth-order valence-corrected chi connectivity index (χ4v) is 4.84. The average Bonchev–Trinajstić information content (AvgIpc) is 2.67. The van der Waals surface area contributed by atoms with Crippen LogP contribution in [-0.2, 0) is 14.8 Å². The lowest BCUT2D eigenvalue weighted by Gasteiger charge is -2.34. The molecule has 144 valence electrons. The number of carbonyl (C=O) groups excluding carboxylic acids is 1. The Balaban J connectivity index is 1.55. The van der Waals surface area contributed by atoms with Crippen LogP contribution in [0, 0.1) is 6.92 Å². The number of aryl methyl sites for hydroxylation is 1. The van der Waals surface area contributed by atoms with Gasteiger partial charge in [0.2, 0.25) is 10.0 Å². The molecule has 8 heteroatoms. The van der Waals surface area contributed by atoms with E-state index in [-0.39, 0.29) is 30.5 Å². The predicted octanol–water partition coefficient (Wildman–Crippen LogP) is 2.67. The summed E-state index contributed by atoms with van der Waals surface area (Å²) in [5.74, 6) is 0.500. The molecule has 1 amide bonds. The van der Waals surface area contributed by atoms with E-state index in [9.17, 15) is 13.2 Å². The highest BCUT2D eigenvalue weighted by atomic mass is 79.9. The van der Waals surface area contributed by atoms with Crippen molar-refractivity contribution in [3.8, 4) is 5.75 Å². The van der Waals surface area contributed by atoms with E-state index in [1.54, 1.807) is 29.2 Å². The normalized spacial score (nSPS) is 15.6. The number of amides is 1. The van der Waals surface area contributed by atoms with Gasteiger partial charge in [0.05, 0.1) is 4.90 Å². The molecule has 1 heterocycles. The Morgan fingerprint density at radius 2 is 1.74 bits per heavy atom. The third-order valence-electron chi connectivity index (χ3n) is 4.41. The first-order valence-electron chi connectivity index (χ1n) is 8.59. The van der Waals surface area contributed by atoms with Gasteiger partial charge < -0.3 is 9.64 Å². The molecule has 0 radical (unpaired) electrons. The van der Waals surface area contributed by atoms with Gasteiger partial charge in [0, 0.05) is 30.7 Å². The van der Waals surface area contributed by atoms with Crippen molar-refractivity contribution >= 4 is 31.9 Å². The Morgan fingerprint density at radius 1 is 1.07 bits per heavy atom. The molecule has 2 aromatic carbocycles. The second-order valence-electron chi connectivity index (χ2n) is 6.34. The lowest BCUT2D eigenvalue weighted by atomic mass is 10.2. The Labute approximate surface area is 167 Å². The molecule has 1 saturated heterocycles. The molecule has 2 aromatic rings. The van der Waals surface area contributed by atoms with E-state index in [1.807, 2.05) is 31.2 Å². The number of nitrogens with zero attached hydrogens (tertiary/aromatic N) is 2. The molecule has 0 N–H and O–H groups in total. The number of piperazine rings is 1. The highest BCUT2D eigenvalue weighted by molar-refractivity contribution is 9.10. The first-order valence-corrected chi connectivity index (χ1v) is 10.8. The first kappa shape index (κ1) is 19.9. The van der Waals surface area contributed by atoms with E-state index in [0.717, 1.165) is 5.56 Å². The van der Waals surface area contributed by atoms with Crippen LogP contribution in [-0.4, -0.2) is 56.3 Å². The maximum absolute atomic E-state index is 12.7. The van der Waals surface area contributed by atoms with E-state index in [0.29, 0.717) is 23.3 Å². The summed E-state index contributed by atoms with van der Waals surface area (Å²) < 4.78 is 33.1. The highest BCUT2D eigenvalue weighted by Crippen LogP contribution is 2.21. The zero-order valence-corrected chi connectivity index (χ0v) is 17.4. The zero-order chi connectivity index (χ0) is 19.4. The number of ether oxygens (including phenoxy) is 1. The third-order valence-corrected chi connectivity index (χ3v) is 6.80. The Bertz CT molecular complexity index is 908. The number of hydrogen-bond donors (Lipinski definition) is 0. The molecule has 0 atom stereocenters. The van der Waals surface area contributed by atoms with Crippen molar-refractivity contribution in [3.63, 3.8) is 0 Å². The molecule has 1 fully saturated rings. The van der Waals surface area contributed by atoms with Crippen molar-refractivity contribution in [1.82, 2.24) is 9.21 Å². The molecule has 6 nitrogen and oxygen atoms in total. The van der Waals surface area contributed by atoms with Gasteiger partial charge in [0.1, 0.15) is 5.75 Å². The number of rotatable bonds is 5. The third kappa shape index (κ3) is 4.88. The summed E-state index contributed by atoms with van der Waals surface area (Å²) >= 11 is 3.30. The SMILES string of the molecule is Cc1ccc(OCC(=O)N2CCN(S(=O)(=O)c3cccc(Br)c3)CC2)cc1. The van der Waals surface area contributed by atoms with E-state index in [1.165, 1.54) is 4.31 Å². The summed E-state index contributed by atoms with van der Waals surface area (Å²) in [6.45, 7) is 3.17. The van der Waals surface area contributed by atoms with Crippen molar-refractivity contribution in [2.75, 3.05) is 32.8 Å². The van der Waals surface area contributed by atoms with Gasteiger partial charge >= 0.3 is 0 Å². The van der Waals surface area contributed by atoms with Crippen molar-refractivity contribution in [1.29, 1.82) is 0 Å². The van der Waals surface area contributed by atoms with Crippen LogP contribution in [0.1, 0.15) is 5.56 Å². The van der Waals surface area contributed by atoms with Crippen molar-refractivity contribution in [2.45, 2.75) is 11.8 Å². The van der Waals surface area contributed by atoms with Gasteiger partial charge in [-0.3, -0.25) is 4.79 Å². The van der Waals surface area contributed by atoms with Gasteiger partial charge in [-0.05, 0) is 37.3 Å². The quantitative estimate of drug-likeness (QED) is 0.699. The molecule has 0 unspecified atom stereocenters. The van der Waals surface area contributed by atoms with Gasteiger partial charge in [-0.1, -0.05) is 39.7 Å². The molecule has 0 bridgehead atoms. The van der Waals surface area contributed by atoms with Crippen LogP contribution in [0.3, 0.4) is 0 Å². The summed E-state index contributed by atoms with van der Waals surface area (Å²) in [5, 5.41) is 0. The molecule has 27 heavy (non-hydrogen) atoms. The summed E-state index contributed by atoms with van der Waals surface area (Å²) in [6.07, 6.45) is 0. The van der Waals surface area contributed by atoms with Gasteiger partial charge in [-0.15, -0.1) is 0 Å². The minimum atomic E-state index is -3.56. The second kappa shape index (κ2) is 8.41. The maximum atomic E-state index is 12.7. The summed E-state index contributed by atoms with van der Waals surface area (Å²) in [7, 11) is -3.56. The van der Waals surface area contributed by atoms with E-state index >= 15 is 0 Å². The van der Waals surface area contributed by atoms with Crippen LogP contribution in [0.2, 0.25) is 0 Å². The van der Waals surface area contributed by atoms with E-state index in [4.69, 9.17) is 4.74 Å². The standard InChI is InChI=1S/C19H21BrN2O4S/c1-15-5-7-17(8-6-15)26-14-19(23)21-9-11-22(12-10-21)27(24,25)18-4-2-3-16(20)13-18/h2-8,13H,9-12,14H2,1H3. The number of sulfonamides is 1. The molecule has 0 aliphatic carbocycles. The average molecular weight is 453 g/mol. The largest absolute Gasteiger partial charge is 0.484 e. The molecule has 1 aliphatic heterocycles. The van der Waals surface area contributed by atoms with E-state index < -0.39 is 10.0 Å². The number of halogens is 1. The number of hydrogen-bond acceptors (Lipinski definition) is 4. The predicted molar refractivity (Wildman–Crippen MR) is 106 cm³/mol. The van der Waals surface area contributed by atoms with E-state index in [2.05, 4.69) is 15.9 Å². The van der Waals surface area contributed by atoms with Gasteiger partial charge in [0.15, 0.2) is 6.61 Å². The van der Waals surface area contributed by atoms with Crippen LogP contribution in [0.5, 0.6) is 5.75 Å². The van der Waals surface area contributed by atoms with Crippen LogP contribution in [0.4, 0.5) is 0 Å². The number of benzene rings is 2. The summed E-state index contributed by atoms with van der Waals surface area (Å²) in [6, 6.07) is 14.1. The molecular formula is C19H21BrN2O4S. The highest BCUT2D eigenvalue weighted by Gasteiger charge is 2.30. The van der Waals surface area contributed by atoms with Crippen molar-refractivity contribution in [3.05, 3.63) is 58.6 Å². The fourth-order valence-electron chi connectivity index (χ4n) is 2.83. The lowest BCUT2D eigenvalue weighted by molar-refractivity contribution is -0.134. The van der Waals surface area contributed by atoms with Crippen molar-refractivity contribution < 1.29 is 17.9 Å². The molecular weight excluding hydrogens is 432 g/mol. The molecule has 1 aliphatic rings. The molecule has 0 aromatic heterocycles. The van der Waals surface area contributed by atoms with Gasteiger partial charge in [0.25, 0.3) is 5.91 Å². The first-order chi connectivity index (χ1) is 12.9. The van der Waals surface area contributed by atoms with Crippen LogP contribution >= 0.6 is 15.9 Å². The fraction of sp³-hybridized carbons (Fsp3) is 0.316. The Morgan fingerprint density at radius 3 is 2.37 bits per heavy atom. The zero-order valence-electron chi connectivity index (χ0n) is 15.0. The van der Waals surface area contributed by atoms with Crippen LogP contribution in [0.15, 0.2) is 57.9 Å². The lowest BCUT2D eigenvalue weighted by Crippen LogP contribution is -2.51. The molecule has 0 spiro atoms. The van der Waals surface area contributed by atoms with Gasteiger partial charge in [-0.2, -0.15) is 4.31 Å². The minimum Gasteiger partial charge on any atom is -0.484 e. The summed E-state index contributed by atoms with van der Waals surface area (Å²) in [5.41, 5.74) is 1.12. The van der Waals surface area contributed by atoms with Crippen LogP contribution < -0.4 is 4.74 Å². The smallest absolute Gasteiger partial charge is 0.260 e. The topological polar surface area (TPSA) is 66.9 Å². The second-order valence-corrected chi connectivity index (χ2v) is 9.20. The maximum Gasteiger partial charge on any atom is 0.260 e. The Kier molecular flexibility index (Phi) is 6.18. The van der Waals surface area contributed by atoms with Gasteiger partial charge in [-0.25, -0.2) is 8.42 Å². The minimum absolute atomic E-state index is 0.0541. The van der Waals surface area contributed by atoms with Crippen LogP contribution in [0.25, 0.3) is 0 Å². The molecule has 0 saturated carbocycles. The summed E-state index contributed by atoms with van der Waals surface area (Å²) in [4.78, 5) is 14.2. The number of carbonyl (C=O) groups is 1.